The third-order valence-corrected chi connectivity index (χ3v) is 7.74. The summed E-state index contributed by atoms with van der Waals surface area (Å²) in [5, 5.41) is 10.4. The van der Waals surface area contributed by atoms with E-state index in [2.05, 4.69) is 5.32 Å². The van der Waals surface area contributed by atoms with Gasteiger partial charge in [0.25, 0.3) is 5.91 Å². The van der Waals surface area contributed by atoms with Crippen molar-refractivity contribution in [2.45, 2.75) is 39.4 Å². The van der Waals surface area contributed by atoms with Crippen LogP contribution >= 0.6 is 22.9 Å². The van der Waals surface area contributed by atoms with Crippen LogP contribution in [0.15, 0.2) is 66.0 Å². The van der Waals surface area contributed by atoms with E-state index in [0.717, 1.165) is 32.9 Å². The van der Waals surface area contributed by atoms with Crippen LogP contribution in [0.3, 0.4) is 0 Å². The molecule has 5 rings (SSSR count). The molecule has 3 heterocycles. The summed E-state index contributed by atoms with van der Waals surface area (Å²) in [4.78, 5) is 30.3. The van der Waals surface area contributed by atoms with Crippen LogP contribution in [0.1, 0.15) is 34.1 Å². The van der Waals surface area contributed by atoms with Gasteiger partial charge in [-0.3, -0.25) is 19.2 Å². The molecule has 0 bridgehead atoms. The Labute approximate surface area is 213 Å². The number of aromatic nitrogens is 2. The normalized spacial score (nSPS) is 17.4. The van der Waals surface area contributed by atoms with Crippen molar-refractivity contribution < 1.29 is 9.59 Å². The minimum absolute atomic E-state index is 0.235. The van der Waals surface area contributed by atoms with E-state index < -0.39 is 5.54 Å². The summed E-state index contributed by atoms with van der Waals surface area (Å²) >= 11 is 7.56. The van der Waals surface area contributed by atoms with Crippen molar-refractivity contribution >= 4 is 40.4 Å². The highest BCUT2D eigenvalue weighted by molar-refractivity contribution is 7.13. The molecule has 1 aliphatic rings. The smallest absolute Gasteiger partial charge is 0.277 e. The molecule has 2 aromatic carbocycles. The molecule has 2 aromatic heterocycles. The van der Waals surface area contributed by atoms with E-state index in [1.165, 1.54) is 0 Å². The molecule has 35 heavy (non-hydrogen) atoms. The molecule has 6 nitrogen and oxygen atoms in total. The Morgan fingerprint density at radius 1 is 1.14 bits per heavy atom. The lowest BCUT2D eigenvalue weighted by atomic mass is 9.92. The highest BCUT2D eigenvalue weighted by atomic mass is 35.5. The third-order valence-electron chi connectivity index (χ3n) is 6.60. The maximum Gasteiger partial charge on any atom is 0.277 e. The Kier molecular flexibility index (Phi) is 5.99. The van der Waals surface area contributed by atoms with Gasteiger partial charge < -0.3 is 5.32 Å². The SMILES string of the molecule is Cc1cccc(N2C(=O)c3cc(-c4cccs4)nn3C[C@@]2(C)C(=O)NCc2ccc(Cl)cc2)c1C. The van der Waals surface area contributed by atoms with Crippen LogP contribution in [0.4, 0.5) is 5.69 Å². The predicted molar refractivity (Wildman–Crippen MR) is 140 cm³/mol. The second-order valence-corrected chi connectivity index (χ2v) is 10.4. The number of halogens is 1. The summed E-state index contributed by atoms with van der Waals surface area (Å²) in [6.07, 6.45) is 0. The third kappa shape index (κ3) is 4.15. The van der Waals surface area contributed by atoms with Crippen LogP contribution < -0.4 is 10.2 Å². The molecule has 0 unspecified atom stereocenters. The van der Waals surface area contributed by atoms with Gasteiger partial charge in [0.05, 0.1) is 11.4 Å². The van der Waals surface area contributed by atoms with E-state index in [1.807, 2.05) is 67.8 Å². The molecule has 1 atom stereocenters. The number of hydrogen-bond donors (Lipinski definition) is 1. The lowest BCUT2D eigenvalue weighted by Gasteiger charge is -2.43. The van der Waals surface area contributed by atoms with Crippen LogP contribution in [-0.4, -0.2) is 27.1 Å². The lowest BCUT2D eigenvalue weighted by Crippen LogP contribution is -2.64. The van der Waals surface area contributed by atoms with Gasteiger partial charge in [0.2, 0.25) is 5.91 Å². The number of amides is 2. The first-order valence-corrected chi connectivity index (χ1v) is 12.6. The quantitative estimate of drug-likeness (QED) is 0.383. The number of thiophene rings is 1. The lowest BCUT2D eigenvalue weighted by molar-refractivity contribution is -0.126. The number of nitrogens with one attached hydrogen (secondary N) is 1. The summed E-state index contributed by atoms with van der Waals surface area (Å²) in [5.41, 5.74) is 3.68. The number of rotatable bonds is 5. The van der Waals surface area contributed by atoms with Gasteiger partial charge in [0.15, 0.2) is 0 Å². The molecule has 0 fully saturated rings. The van der Waals surface area contributed by atoms with Crippen molar-refractivity contribution in [3.63, 3.8) is 0 Å². The van der Waals surface area contributed by atoms with Gasteiger partial charge in [0, 0.05) is 17.3 Å². The highest BCUT2D eigenvalue weighted by Gasteiger charge is 2.49. The van der Waals surface area contributed by atoms with Crippen molar-refractivity contribution in [3.8, 4) is 10.6 Å². The van der Waals surface area contributed by atoms with Crippen LogP contribution in [0.5, 0.6) is 0 Å². The predicted octanol–water partition coefficient (Wildman–Crippen LogP) is 5.62. The molecule has 1 aliphatic heterocycles. The first-order chi connectivity index (χ1) is 16.8. The molecule has 0 saturated heterocycles. The minimum Gasteiger partial charge on any atom is -0.350 e. The minimum atomic E-state index is -1.19. The number of carbonyl (C=O) groups is 2. The molecule has 0 radical (unpaired) electrons. The molecule has 0 aliphatic carbocycles. The number of benzene rings is 2. The second kappa shape index (κ2) is 8.98. The van der Waals surface area contributed by atoms with Crippen molar-refractivity contribution in [2.24, 2.45) is 0 Å². The van der Waals surface area contributed by atoms with E-state index in [-0.39, 0.29) is 18.4 Å². The Morgan fingerprint density at radius 2 is 1.91 bits per heavy atom. The van der Waals surface area contributed by atoms with Crippen LogP contribution in [0, 0.1) is 13.8 Å². The van der Waals surface area contributed by atoms with Gasteiger partial charge in [-0.25, -0.2) is 0 Å². The Morgan fingerprint density at radius 3 is 2.63 bits per heavy atom. The van der Waals surface area contributed by atoms with Crippen molar-refractivity contribution in [2.75, 3.05) is 4.90 Å². The number of anilines is 1. The zero-order valence-corrected chi connectivity index (χ0v) is 21.3. The van der Waals surface area contributed by atoms with Gasteiger partial charge in [0.1, 0.15) is 16.9 Å². The Hall–Kier alpha value is -3.42. The summed E-state index contributed by atoms with van der Waals surface area (Å²) in [6.45, 7) is 6.35. The molecule has 1 N–H and O–H groups in total. The Balaban J connectivity index is 1.56. The Bertz CT molecular complexity index is 1410. The van der Waals surface area contributed by atoms with E-state index in [0.29, 0.717) is 17.3 Å². The summed E-state index contributed by atoms with van der Waals surface area (Å²) in [6, 6.07) is 18.9. The number of nitrogens with zero attached hydrogens (tertiary/aromatic N) is 3. The van der Waals surface area contributed by atoms with Crippen molar-refractivity contribution in [1.82, 2.24) is 15.1 Å². The number of fused-ring (bicyclic) bond motifs is 1. The number of hydrogen-bond acceptors (Lipinski definition) is 4. The topological polar surface area (TPSA) is 67.2 Å². The average Bonchev–Trinajstić information content (AvgIpc) is 3.51. The zero-order chi connectivity index (χ0) is 24.7. The molecular weight excluding hydrogens is 480 g/mol. The largest absolute Gasteiger partial charge is 0.350 e. The molecule has 4 aromatic rings. The number of aryl methyl sites for hydroxylation is 1. The van der Waals surface area contributed by atoms with Gasteiger partial charge in [-0.05, 0) is 73.2 Å². The zero-order valence-electron chi connectivity index (χ0n) is 19.7. The standard InChI is InChI=1S/C27H25ClN4O2S/c1-17-6-4-7-22(18(17)2)32-25(33)23-14-21(24-8-5-13-35-24)30-31(23)16-27(32,3)26(34)29-15-19-9-11-20(28)12-10-19/h4-14H,15-16H2,1-3H3,(H,29,34)/t27-/m0/s1. The van der Waals surface area contributed by atoms with Gasteiger partial charge >= 0.3 is 0 Å². The van der Waals surface area contributed by atoms with E-state index in [4.69, 9.17) is 16.7 Å². The molecule has 2 amide bonds. The summed E-state index contributed by atoms with van der Waals surface area (Å²) in [7, 11) is 0. The van der Waals surface area contributed by atoms with Crippen molar-refractivity contribution in [3.05, 3.63) is 93.5 Å². The van der Waals surface area contributed by atoms with Crippen LogP contribution in [0.25, 0.3) is 10.6 Å². The first kappa shape index (κ1) is 23.3. The van der Waals surface area contributed by atoms with Gasteiger partial charge in [-0.1, -0.05) is 41.9 Å². The fourth-order valence-electron chi connectivity index (χ4n) is 4.46. The van der Waals surface area contributed by atoms with Crippen LogP contribution in [-0.2, 0) is 17.9 Å². The summed E-state index contributed by atoms with van der Waals surface area (Å²) < 4.78 is 1.67. The highest BCUT2D eigenvalue weighted by Crippen LogP contribution is 2.37. The molecule has 0 spiro atoms. The molecular formula is C27H25ClN4O2S. The van der Waals surface area contributed by atoms with E-state index in [1.54, 1.807) is 40.0 Å². The van der Waals surface area contributed by atoms with E-state index in [9.17, 15) is 9.59 Å². The maximum absolute atomic E-state index is 14.0. The van der Waals surface area contributed by atoms with Crippen LogP contribution in [0.2, 0.25) is 5.02 Å². The average molecular weight is 505 g/mol. The number of carbonyl (C=O) groups excluding carboxylic acids is 2. The summed E-state index contributed by atoms with van der Waals surface area (Å²) in [5.74, 6) is -0.495. The second-order valence-electron chi connectivity index (χ2n) is 8.99. The molecule has 8 heteroatoms. The molecule has 0 saturated carbocycles. The van der Waals surface area contributed by atoms with E-state index >= 15 is 0 Å². The van der Waals surface area contributed by atoms with Gasteiger partial charge in [-0.15, -0.1) is 11.3 Å². The van der Waals surface area contributed by atoms with Crippen molar-refractivity contribution in [1.29, 1.82) is 0 Å². The maximum atomic E-state index is 14.0. The van der Waals surface area contributed by atoms with Gasteiger partial charge in [-0.2, -0.15) is 5.10 Å². The first-order valence-electron chi connectivity index (χ1n) is 11.3. The fourth-order valence-corrected chi connectivity index (χ4v) is 5.26. The fraction of sp³-hybridized carbons (Fsp3) is 0.222. The molecule has 178 valence electrons. The monoisotopic (exact) mass is 504 g/mol.